The van der Waals surface area contributed by atoms with E-state index >= 15 is 0 Å². The van der Waals surface area contributed by atoms with Gasteiger partial charge in [-0.3, -0.25) is 5.10 Å². The van der Waals surface area contributed by atoms with E-state index in [-0.39, 0.29) is 16.3 Å². The lowest BCUT2D eigenvalue weighted by Gasteiger charge is -2.05. The van der Waals surface area contributed by atoms with Crippen molar-refractivity contribution in [1.82, 2.24) is 10.2 Å². The summed E-state index contributed by atoms with van der Waals surface area (Å²) in [6, 6.07) is 1.45. The maximum Gasteiger partial charge on any atom is 0.426 e. The van der Waals surface area contributed by atoms with Gasteiger partial charge in [-0.2, -0.15) is 18.3 Å². The molecule has 2 nitrogen and oxygen atoms in total. The minimum Gasteiger partial charge on any atom is -0.285 e. The standard InChI is InChI=1S/C8H4ClF3N2S/c9-4-3-15-7(8(10,11)12)6(4)5-1-2-13-14-5/h1-3H,(H,13,14). The summed E-state index contributed by atoms with van der Waals surface area (Å²) in [5.74, 6) is 0. The van der Waals surface area contributed by atoms with Crippen LogP contribution in [0.5, 0.6) is 0 Å². The van der Waals surface area contributed by atoms with Crippen LogP contribution in [0.2, 0.25) is 5.02 Å². The van der Waals surface area contributed by atoms with Crippen molar-refractivity contribution in [3.8, 4) is 11.3 Å². The first-order chi connectivity index (χ1) is 7.00. The van der Waals surface area contributed by atoms with Gasteiger partial charge in [-0.1, -0.05) is 11.6 Å². The Morgan fingerprint density at radius 1 is 1.40 bits per heavy atom. The molecule has 7 heteroatoms. The molecule has 2 rings (SSSR count). The van der Waals surface area contributed by atoms with Crippen molar-refractivity contribution < 1.29 is 13.2 Å². The van der Waals surface area contributed by atoms with Crippen LogP contribution in [-0.4, -0.2) is 10.2 Å². The highest BCUT2D eigenvalue weighted by molar-refractivity contribution is 7.11. The van der Waals surface area contributed by atoms with Gasteiger partial charge in [0.1, 0.15) is 4.88 Å². The summed E-state index contributed by atoms with van der Waals surface area (Å²) in [5.41, 5.74) is 0.143. The van der Waals surface area contributed by atoms with Gasteiger partial charge in [0.2, 0.25) is 0 Å². The minimum atomic E-state index is -4.40. The molecule has 1 N–H and O–H groups in total. The second-order valence-electron chi connectivity index (χ2n) is 2.74. The highest BCUT2D eigenvalue weighted by Crippen LogP contribution is 2.44. The summed E-state index contributed by atoms with van der Waals surface area (Å²) in [5, 5.41) is 7.47. The second kappa shape index (κ2) is 3.53. The Bertz CT molecular complexity index is 461. The van der Waals surface area contributed by atoms with Gasteiger partial charge >= 0.3 is 6.18 Å². The van der Waals surface area contributed by atoms with Crippen molar-refractivity contribution in [3.05, 3.63) is 27.5 Å². The summed E-state index contributed by atoms with van der Waals surface area (Å²) < 4.78 is 37.7. The van der Waals surface area contributed by atoms with Crippen LogP contribution in [0.4, 0.5) is 13.2 Å². The summed E-state index contributed by atoms with van der Waals surface area (Å²) >= 11 is 6.27. The molecule has 0 aliphatic heterocycles. The first-order valence-electron chi connectivity index (χ1n) is 3.84. The summed E-state index contributed by atoms with van der Waals surface area (Å²) in [7, 11) is 0. The molecule has 2 aromatic heterocycles. The van der Waals surface area contributed by atoms with Crippen LogP contribution in [0.15, 0.2) is 17.6 Å². The third-order valence-electron chi connectivity index (χ3n) is 1.76. The predicted octanol–water partition coefficient (Wildman–Crippen LogP) is 3.81. The molecule has 0 saturated heterocycles. The molecular formula is C8H4ClF3N2S. The smallest absolute Gasteiger partial charge is 0.285 e. The fourth-order valence-electron chi connectivity index (χ4n) is 1.18. The van der Waals surface area contributed by atoms with E-state index in [1.54, 1.807) is 0 Å². The molecule has 0 bridgehead atoms. The number of nitrogens with zero attached hydrogens (tertiary/aromatic N) is 1. The van der Waals surface area contributed by atoms with Crippen molar-refractivity contribution in [3.63, 3.8) is 0 Å². The largest absolute Gasteiger partial charge is 0.426 e. The number of rotatable bonds is 1. The van der Waals surface area contributed by atoms with Gasteiger partial charge in [0, 0.05) is 17.1 Å². The van der Waals surface area contributed by atoms with E-state index in [1.165, 1.54) is 17.6 Å². The average molecular weight is 253 g/mol. The summed E-state index contributed by atoms with van der Waals surface area (Å²) in [6.45, 7) is 0. The van der Waals surface area contributed by atoms with E-state index in [9.17, 15) is 13.2 Å². The Balaban J connectivity index is 2.60. The van der Waals surface area contributed by atoms with Crippen molar-refractivity contribution in [2.45, 2.75) is 6.18 Å². The number of nitrogens with one attached hydrogen (secondary N) is 1. The van der Waals surface area contributed by atoms with Crippen LogP contribution in [0.25, 0.3) is 11.3 Å². The Labute approximate surface area is 91.7 Å². The fourth-order valence-corrected chi connectivity index (χ4v) is 2.37. The number of thiophene rings is 1. The highest BCUT2D eigenvalue weighted by Gasteiger charge is 2.37. The zero-order valence-electron chi connectivity index (χ0n) is 7.10. The van der Waals surface area contributed by atoms with Crippen LogP contribution >= 0.6 is 22.9 Å². The second-order valence-corrected chi connectivity index (χ2v) is 4.03. The van der Waals surface area contributed by atoms with Crippen molar-refractivity contribution in [2.75, 3.05) is 0 Å². The van der Waals surface area contributed by atoms with Gasteiger partial charge in [-0.05, 0) is 6.07 Å². The third kappa shape index (κ3) is 1.87. The van der Waals surface area contributed by atoms with Crippen molar-refractivity contribution in [2.24, 2.45) is 0 Å². The van der Waals surface area contributed by atoms with Crippen LogP contribution in [0.1, 0.15) is 4.88 Å². The van der Waals surface area contributed by atoms with Gasteiger partial charge in [0.05, 0.1) is 10.7 Å². The SMILES string of the molecule is FC(F)(F)c1scc(Cl)c1-c1cc[nH]n1. The number of aromatic nitrogens is 2. The maximum absolute atomic E-state index is 12.6. The quantitative estimate of drug-likeness (QED) is 0.821. The number of H-pyrrole nitrogens is 1. The predicted molar refractivity (Wildman–Crippen MR) is 51.9 cm³/mol. The maximum atomic E-state index is 12.6. The number of hydrogen-bond donors (Lipinski definition) is 1. The molecule has 0 aromatic carbocycles. The van der Waals surface area contributed by atoms with Crippen LogP contribution < -0.4 is 0 Å². The zero-order valence-corrected chi connectivity index (χ0v) is 8.67. The Hall–Kier alpha value is -1.01. The topological polar surface area (TPSA) is 28.7 Å². The Morgan fingerprint density at radius 2 is 2.13 bits per heavy atom. The molecule has 2 heterocycles. The van der Waals surface area contributed by atoms with Gasteiger partial charge in [0.15, 0.2) is 0 Å². The number of hydrogen-bond acceptors (Lipinski definition) is 2. The van der Waals surface area contributed by atoms with Gasteiger partial charge in [0.25, 0.3) is 0 Å². The molecule has 0 spiro atoms. The molecule has 2 aromatic rings. The molecule has 80 valence electrons. The van der Waals surface area contributed by atoms with E-state index in [4.69, 9.17) is 11.6 Å². The lowest BCUT2D eigenvalue weighted by atomic mass is 10.2. The number of halogens is 4. The van der Waals surface area contributed by atoms with E-state index in [0.29, 0.717) is 11.3 Å². The molecule has 0 amide bonds. The molecule has 0 radical (unpaired) electrons. The number of alkyl halides is 3. The Kier molecular flexibility index (Phi) is 2.47. The third-order valence-corrected chi connectivity index (χ3v) is 3.21. The van der Waals surface area contributed by atoms with E-state index in [1.807, 2.05) is 0 Å². The minimum absolute atomic E-state index is 0.0598. The van der Waals surface area contributed by atoms with E-state index in [0.717, 1.165) is 0 Å². The average Bonchev–Trinajstić information content (AvgIpc) is 2.69. The number of aromatic amines is 1. The van der Waals surface area contributed by atoms with Crippen LogP contribution in [-0.2, 0) is 6.18 Å². The monoisotopic (exact) mass is 252 g/mol. The molecule has 0 aliphatic carbocycles. The zero-order chi connectivity index (χ0) is 11.1. The molecule has 0 fully saturated rings. The van der Waals surface area contributed by atoms with E-state index < -0.39 is 11.1 Å². The molecule has 15 heavy (non-hydrogen) atoms. The van der Waals surface area contributed by atoms with Crippen molar-refractivity contribution in [1.29, 1.82) is 0 Å². The van der Waals surface area contributed by atoms with Crippen LogP contribution in [0, 0.1) is 0 Å². The van der Waals surface area contributed by atoms with E-state index in [2.05, 4.69) is 10.2 Å². The molecule has 0 unspecified atom stereocenters. The fraction of sp³-hybridized carbons (Fsp3) is 0.125. The lowest BCUT2D eigenvalue weighted by molar-refractivity contribution is -0.133. The summed E-state index contributed by atoms with van der Waals surface area (Å²) in [4.78, 5) is -0.723. The Morgan fingerprint density at radius 3 is 2.67 bits per heavy atom. The summed E-state index contributed by atoms with van der Waals surface area (Å²) in [6.07, 6.45) is -2.95. The normalized spacial score (nSPS) is 12.0. The van der Waals surface area contributed by atoms with Gasteiger partial charge in [-0.15, -0.1) is 11.3 Å². The molecule has 0 saturated carbocycles. The van der Waals surface area contributed by atoms with Gasteiger partial charge in [-0.25, -0.2) is 0 Å². The van der Waals surface area contributed by atoms with Crippen LogP contribution in [0.3, 0.4) is 0 Å². The first-order valence-corrected chi connectivity index (χ1v) is 5.10. The molecular weight excluding hydrogens is 249 g/mol. The molecule has 0 aliphatic rings. The lowest BCUT2D eigenvalue weighted by Crippen LogP contribution is -2.03. The highest BCUT2D eigenvalue weighted by atomic mass is 35.5. The first kappa shape index (κ1) is 10.5. The molecule has 0 atom stereocenters. The van der Waals surface area contributed by atoms with Gasteiger partial charge < -0.3 is 0 Å². The van der Waals surface area contributed by atoms with Crippen molar-refractivity contribution >= 4 is 22.9 Å².